The fourth-order valence-electron chi connectivity index (χ4n) is 2.17. The summed E-state index contributed by atoms with van der Waals surface area (Å²) in [6.07, 6.45) is 1.01. The van der Waals surface area contributed by atoms with E-state index in [1.165, 1.54) is 21.8 Å². The molecule has 92 valence electrons. The van der Waals surface area contributed by atoms with E-state index in [-0.39, 0.29) is 0 Å². The minimum Gasteiger partial charge on any atom is -0.302 e. The predicted molar refractivity (Wildman–Crippen MR) is 77.6 cm³/mol. The van der Waals surface area contributed by atoms with Crippen LogP contribution in [-0.2, 0) is 6.42 Å². The van der Waals surface area contributed by atoms with Crippen LogP contribution in [0.5, 0.6) is 0 Å². The summed E-state index contributed by atoms with van der Waals surface area (Å²) in [7, 11) is 0. The van der Waals surface area contributed by atoms with E-state index in [0.717, 1.165) is 13.0 Å². The second-order valence-corrected chi connectivity index (χ2v) is 5.58. The highest BCUT2D eigenvalue weighted by molar-refractivity contribution is 7.09. The highest BCUT2D eigenvalue weighted by Crippen LogP contribution is 2.23. The normalized spacial score (nSPS) is 15.1. The van der Waals surface area contributed by atoms with Gasteiger partial charge in [0.1, 0.15) is 0 Å². The topological polar surface area (TPSA) is 15.3 Å². The second kappa shape index (κ2) is 4.86. The lowest BCUT2D eigenvalue weighted by molar-refractivity contribution is 0.786. The predicted octanol–water partition coefficient (Wildman–Crippen LogP) is 3.59. The number of hydrogen-bond donors (Lipinski definition) is 1. The minimum atomic E-state index is 0.963. The second-order valence-electron chi connectivity index (χ2n) is 4.55. The fraction of sp³-hybridized carbons (Fsp3) is 0.200. The van der Waals surface area contributed by atoms with Gasteiger partial charge in [-0.05, 0) is 36.1 Å². The Labute approximate surface area is 112 Å². The van der Waals surface area contributed by atoms with E-state index in [4.69, 9.17) is 0 Å². The Morgan fingerprint density at radius 2 is 2.00 bits per heavy atom. The molecule has 1 N–H and O–H groups in total. The van der Waals surface area contributed by atoms with Crippen LogP contribution in [0.1, 0.15) is 11.8 Å². The zero-order valence-corrected chi connectivity index (χ0v) is 11.2. The molecule has 1 aromatic heterocycles. The van der Waals surface area contributed by atoms with E-state index in [2.05, 4.69) is 59.1 Å². The molecular weight excluding hydrogens is 240 g/mol. The molecular formula is C15H16N2S. The molecule has 0 unspecified atom stereocenters. The van der Waals surface area contributed by atoms with Crippen molar-refractivity contribution in [2.75, 3.05) is 11.6 Å². The Morgan fingerprint density at radius 3 is 2.72 bits per heavy atom. The Hall–Kier alpha value is -1.74. The van der Waals surface area contributed by atoms with Gasteiger partial charge in [-0.25, -0.2) is 0 Å². The van der Waals surface area contributed by atoms with Crippen molar-refractivity contribution >= 4 is 17.0 Å². The van der Waals surface area contributed by atoms with Crippen LogP contribution in [0.4, 0.5) is 5.69 Å². The SMILES string of the molecule is CC1=C(Cc2cccs2)NN(c2ccccc2)C1. The maximum atomic E-state index is 3.51. The lowest BCUT2D eigenvalue weighted by atomic mass is 10.2. The van der Waals surface area contributed by atoms with Crippen molar-refractivity contribution in [1.29, 1.82) is 0 Å². The van der Waals surface area contributed by atoms with Crippen molar-refractivity contribution in [3.8, 4) is 0 Å². The van der Waals surface area contributed by atoms with Crippen LogP contribution in [0.15, 0.2) is 59.1 Å². The van der Waals surface area contributed by atoms with Crippen molar-refractivity contribution < 1.29 is 0 Å². The molecule has 18 heavy (non-hydrogen) atoms. The zero-order chi connectivity index (χ0) is 12.4. The molecule has 3 rings (SSSR count). The molecule has 0 fully saturated rings. The number of allylic oxidation sites excluding steroid dienone is 1. The Kier molecular flexibility index (Phi) is 3.07. The molecule has 2 heterocycles. The van der Waals surface area contributed by atoms with Gasteiger partial charge in [0.2, 0.25) is 0 Å². The van der Waals surface area contributed by atoms with Gasteiger partial charge in [0.25, 0.3) is 0 Å². The summed E-state index contributed by atoms with van der Waals surface area (Å²) in [5.74, 6) is 0. The number of rotatable bonds is 3. The first-order valence-electron chi connectivity index (χ1n) is 6.13. The molecule has 1 aromatic carbocycles. The van der Waals surface area contributed by atoms with Crippen molar-refractivity contribution in [3.63, 3.8) is 0 Å². The first-order valence-corrected chi connectivity index (χ1v) is 7.01. The summed E-state index contributed by atoms with van der Waals surface area (Å²) < 4.78 is 0. The largest absolute Gasteiger partial charge is 0.302 e. The molecule has 0 saturated heterocycles. The van der Waals surface area contributed by atoms with E-state index >= 15 is 0 Å². The van der Waals surface area contributed by atoms with Crippen molar-refractivity contribution in [1.82, 2.24) is 5.43 Å². The van der Waals surface area contributed by atoms with Gasteiger partial charge in [0, 0.05) is 17.0 Å². The number of hydrazine groups is 1. The molecule has 0 amide bonds. The van der Waals surface area contributed by atoms with Crippen molar-refractivity contribution in [2.45, 2.75) is 13.3 Å². The zero-order valence-electron chi connectivity index (χ0n) is 10.4. The van der Waals surface area contributed by atoms with Crippen LogP contribution >= 0.6 is 11.3 Å². The highest BCUT2D eigenvalue weighted by atomic mass is 32.1. The number of anilines is 1. The van der Waals surface area contributed by atoms with Gasteiger partial charge in [-0.1, -0.05) is 24.3 Å². The Balaban J connectivity index is 1.73. The van der Waals surface area contributed by atoms with Gasteiger partial charge in [0.05, 0.1) is 12.2 Å². The smallest absolute Gasteiger partial charge is 0.0621 e. The van der Waals surface area contributed by atoms with Gasteiger partial charge >= 0.3 is 0 Å². The highest BCUT2D eigenvalue weighted by Gasteiger charge is 2.18. The first kappa shape index (κ1) is 11.4. The summed E-state index contributed by atoms with van der Waals surface area (Å²) in [6.45, 7) is 3.17. The molecule has 0 saturated carbocycles. The van der Waals surface area contributed by atoms with Crippen LogP contribution in [0.2, 0.25) is 0 Å². The van der Waals surface area contributed by atoms with Gasteiger partial charge in [-0.2, -0.15) is 0 Å². The first-order chi connectivity index (χ1) is 8.83. The third kappa shape index (κ3) is 2.27. The quantitative estimate of drug-likeness (QED) is 0.903. The van der Waals surface area contributed by atoms with Gasteiger partial charge < -0.3 is 5.43 Å². The van der Waals surface area contributed by atoms with Crippen LogP contribution in [-0.4, -0.2) is 6.54 Å². The van der Waals surface area contributed by atoms with E-state index in [1.807, 2.05) is 17.4 Å². The van der Waals surface area contributed by atoms with Crippen LogP contribution in [0.3, 0.4) is 0 Å². The molecule has 0 aliphatic carbocycles. The number of thiophene rings is 1. The van der Waals surface area contributed by atoms with Gasteiger partial charge in [-0.15, -0.1) is 11.3 Å². The summed E-state index contributed by atoms with van der Waals surface area (Å²) in [5.41, 5.74) is 7.49. The molecule has 2 nitrogen and oxygen atoms in total. The van der Waals surface area contributed by atoms with Crippen molar-refractivity contribution in [3.05, 3.63) is 64.0 Å². The molecule has 0 atom stereocenters. The lowest BCUT2D eigenvalue weighted by Crippen LogP contribution is -2.32. The molecule has 3 heteroatoms. The summed E-state index contributed by atoms with van der Waals surface area (Å²) in [5, 5.41) is 4.34. The fourth-order valence-corrected chi connectivity index (χ4v) is 2.89. The van der Waals surface area contributed by atoms with Crippen LogP contribution < -0.4 is 10.4 Å². The molecule has 0 radical (unpaired) electrons. The van der Waals surface area contributed by atoms with E-state index in [0.29, 0.717) is 0 Å². The van der Waals surface area contributed by atoms with Crippen LogP contribution in [0.25, 0.3) is 0 Å². The van der Waals surface area contributed by atoms with Gasteiger partial charge in [-0.3, -0.25) is 5.01 Å². The molecule has 0 bridgehead atoms. The number of nitrogens with one attached hydrogen (secondary N) is 1. The van der Waals surface area contributed by atoms with E-state index in [1.54, 1.807) is 0 Å². The number of benzene rings is 1. The number of hydrogen-bond acceptors (Lipinski definition) is 3. The molecule has 0 spiro atoms. The number of nitrogens with zero attached hydrogens (tertiary/aromatic N) is 1. The summed E-state index contributed by atoms with van der Waals surface area (Å²) in [4.78, 5) is 1.41. The maximum absolute atomic E-state index is 3.51. The van der Waals surface area contributed by atoms with Crippen LogP contribution in [0, 0.1) is 0 Å². The Morgan fingerprint density at radius 1 is 1.17 bits per heavy atom. The summed E-state index contributed by atoms with van der Waals surface area (Å²) >= 11 is 1.82. The van der Waals surface area contributed by atoms with Crippen molar-refractivity contribution in [2.24, 2.45) is 0 Å². The Bertz CT molecular complexity index is 543. The number of para-hydroxylation sites is 1. The maximum Gasteiger partial charge on any atom is 0.0621 e. The monoisotopic (exact) mass is 256 g/mol. The molecule has 2 aromatic rings. The third-order valence-electron chi connectivity index (χ3n) is 3.18. The van der Waals surface area contributed by atoms with E-state index in [9.17, 15) is 0 Å². The summed E-state index contributed by atoms with van der Waals surface area (Å²) in [6, 6.07) is 14.8. The van der Waals surface area contributed by atoms with Gasteiger partial charge in [0.15, 0.2) is 0 Å². The average Bonchev–Trinajstić information content (AvgIpc) is 3.02. The molecule has 1 aliphatic rings. The standard InChI is InChI=1S/C15H16N2S/c1-12-11-17(13-6-3-2-4-7-13)16-15(12)10-14-8-5-9-18-14/h2-9,16H,10-11H2,1H3. The molecule has 1 aliphatic heterocycles. The lowest BCUT2D eigenvalue weighted by Gasteiger charge is -2.20. The average molecular weight is 256 g/mol. The minimum absolute atomic E-state index is 0.963. The van der Waals surface area contributed by atoms with E-state index < -0.39 is 0 Å². The third-order valence-corrected chi connectivity index (χ3v) is 4.06.